The van der Waals surface area contributed by atoms with Crippen LogP contribution in [-0.2, 0) is 13.0 Å². The first-order valence-electron chi connectivity index (χ1n) is 7.71. The predicted octanol–water partition coefficient (Wildman–Crippen LogP) is 2.49. The number of fused-ring (bicyclic) bond motifs is 1. The van der Waals surface area contributed by atoms with Gasteiger partial charge in [-0.3, -0.25) is 15.1 Å². The van der Waals surface area contributed by atoms with Gasteiger partial charge in [0, 0.05) is 55.2 Å². The highest BCUT2D eigenvalue weighted by molar-refractivity contribution is 5.64. The Morgan fingerprint density at radius 2 is 2.17 bits per heavy atom. The molecule has 0 radical (unpaired) electrons. The van der Waals surface area contributed by atoms with Crippen LogP contribution in [0.15, 0.2) is 48.8 Å². The van der Waals surface area contributed by atoms with E-state index in [0.717, 1.165) is 42.0 Å². The fourth-order valence-electron chi connectivity index (χ4n) is 3.03. The van der Waals surface area contributed by atoms with E-state index in [1.165, 1.54) is 6.07 Å². The zero-order valence-corrected chi connectivity index (χ0v) is 12.8. The third-order valence-electron chi connectivity index (χ3n) is 4.15. The smallest absolute Gasteiger partial charge is 0.271 e. The van der Waals surface area contributed by atoms with Crippen LogP contribution in [0.4, 0.5) is 5.69 Å². The number of rotatable bonds is 3. The zero-order chi connectivity index (χ0) is 16.5. The van der Waals surface area contributed by atoms with E-state index in [9.17, 15) is 10.1 Å². The summed E-state index contributed by atoms with van der Waals surface area (Å²) in [5.41, 5.74) is 4.80. The third-order valence-corrected chi connectivity index (χ3v) is 4.15. The van der Waals surface area contributed by atoms with Crippen molar-refractivity contribution >= 4 is 5.69 Å². The molecule has 0 fully saturated rings. The average molecular weight is 321 g/mol. The summed E-state index contributed by atoms with van der Waals surface area (Å²) in [5, 5.41) is 19.2. The van der Waals surface area contributed by atoms with Crippen molar-refractivity contribution in [2.75, 3.05) is 6.54 Å². The van der Waals surface area contributed by atoms with Crippen LogP contribution >= 0.6 is 0 Å². The molecule has 120 valence electrons. The summed E-state index contributed by atoms with van der Waals surface area (Å²) in [7, 11) is 0. The molecule has 1 aromatic carbocycles. The van der Waals surface area contributed by atoms with Crippen molar-refractivity contribution in [2.45, 2.75) is 13.0 Å². The minimum Gasteiger partial charge on any atom is -0.312 e. The van der Waals surface area contributed by atoms with Gasteiger partial charge in [-0.2, -0.15) is 5.10 Å². The largest absolute Gasteiger partial charge is 0.312 e. The van der Waals surface area contributed by atoms with Crippen LogP contribution in [0.2, 0.25) is 0 Å². The van der Waals surface area contributed by atoms with Crippen LogP contribution in [0, 0.1) is 10.1 Å². The maximum Gasteiger partial charge on any atom is 0.271 e. The minimum atomic E-state index is -0.386. The van der Waals surface area contributed by atoms with Gasteiger partial charge in [-0.1, -0.05) is 6.07 Å². The lowest BCUT2D eigenvalue weighted by Gasteiger charge is -2.15. The molecule has 3 heterocycles. The Morgan fingerprint density at radius 3 is 2.96 bits per heavy atom. The second-order valence-corrected chi connectivity index (χ2v) is 5.63. The lowest BCUT2D eigenvalue weighted by molar-refractivity contribution is -0.384. The van der Waals surface area contributed by atoms with Crippen molar-refractivity contribution in [3.05, 3.63) is 70.2 Å². The lowest BCUT2D eigenvalue weighted by Crippen LogP contribution is -2.24. The lowest BCUT2D eigenvalue weighted by atomic mass is 10.0. The fourth-order valence-corrected chi connectivity index (χ4v) is 3.03. The second-order valence-electron chi connectivity index (χ2n) is 5.63. The molecule has 7 heteroatoms. The third kappa shape index (κ3) is 2.44. The summed E-state index contributed by atoms with van der Waals surface area (Å²) in [4.78, 5) is 14.8. The number of nitro benzene ring substituents is 1. The number of nitrogens with one attached hydrogen (secondary N) is 1. The van der Waals surface area contributed by atoms with Crippen LogP contribution in [0.25, 0.3) is 16.9 Å². The van der Waals surface area contributed by atoms with E-state index in [0.29, 0.717) is 5.69 Å². The van der Waals surface area contributed by atoms with Crippen LogP contribution in [0.5, 0.6) is 0 Å². The van der Waals surface area contributed by atoms with Crippen molar-refractivity contribution in [3.8, 4) is 16.9 Å². The van der Waals surface area contributed by atoms with Crippen molar-refractivity contribution in [1.82, 2.24) is 20.1 Å². The molecule has 2 aromatic heterocycles. The Kier molecular flexibility index (Phi) is 3.55. The number of pyridine rings is 1. The molecule has 0 bridgehead atoms. The maximum atomic E-state index is 11.1. The van der Waals surface area contributed by atoms with Gasteiger partial charge in [-0.15, -0.1) is 0 Å². The van der Waals surface area contributed by atoms with Crippen molar-refractivity contribution < 1.29 is 4.92 Å². The number of benzene rings is 1. The second kappa shape index (κ2) is 5.86. The van der Waals surface area contributed by atoms with E-state index >= 15 is 0 Å². The molecule has 1 aliphatic heterocycles. The Labute approximate surface area is 138 Å². The van der Waals surface area contributed by atoms with Gasteiger partial charge in [0.1, 0.15) is 0 Å². The monoisotopic (exact) mass is 321 g/mol. The summed E-state index contributed by atoms with van der Waals surface area (Å²) < 4.78 is 1.82. The summed E-state index contributed by atoms with van der Waals surface area (Å²) in [6.07, 6.45) is 4.34. The maximum absolute atomic E-state index is 11.1. The average Bonchev–Trinajstić information content (AvgIpc) is 3.02. The molecule has 0 atom stereocenters. The van der Waals surface area contributed by atoms with Crippen LogP contribution in [-0.4, -0.2) is 26.2 Å². The van der Waals surface area contributed by atoms with E-state index in [1.807, 2.05) is 22.9 Å². The van der Waals surface area contributed by atoms with Crippen LogP contribution in [0.3, 0.4) is 0 Å². The Balaban J connectivity index is 1.89. The number of nitro groups is 1. The first-order chi connectivity index (χ1) is 11.7. The molecule has 0 saturated carbocycles. The van der Waals surface area contributed by atoms with Gasteiger partial charge >= 0.3 is 0 Å². The van der Waals surface area contributed by atoms with E-state index in [2.05, 4.69) is 10.3 Å². The summed E-state index contributed by atoms with van der Waals surface area (Å²) in [6.45, 7) is 1.59. The number of aromatic nitrogens is 3. The van der Waals surface area contributed by atoms with E-state index < -0.39 is 0 Å². The fraction of sp³-hybridized carbons (Fsp3) is 0.176. The van der Waals surface area contributed by atoms with Gasteiger partial charge in [0.25, 0.3) is 5.69 Å². The standard InChI is InChI=1S/C17H15N5O2/c23-22(24)14-5-1-4-13(9-14)21-16-6-8-19-11-15(16)17(20-21)12-3-2-7-18-10-12/h1-5,7,9-10,19H,6,8,11H2. The molecule has 1 N–H and O–H groups in total. The molecule has 0 unspecified atom stereocenters. The van der Waals surface area contributed by atoms with Gasteiger partial charge in [0.2, 0.25) is 0 Å². The molecular weight excluding hydrogens is 306 g/mol. The van der Waals surface area contributed by atoms with Crippen LogP contribution in [0.1, 0.15) is 11.3 Å². The van der Waals surface area contributed by atoms with Gasteiger partial charge < -0.3 is 5.32 Å². The van der Waals surface area contributed by atoms with E-state index in [-0.39, 0.29) is 10.6 Å². The summed E-state index contributed by atoms with van der Waals surface area (Å²) >= 11 is 0. The minimum absolute atomic E-state index is 0.0635. The van der Waals surface area contributed by atoms with Gasteiger partial charge in [0.15, 0.2) is 0 Å². The van der Waals surface area contributed by atoms with Crippen molar-refractivity contribution in [3.63, 3.8) is 0 Å². The number of nitrogens with zero attached hydrogens (tertiary/aromatic N) is 4. The molecule has 0 spiro atoms. The van der Waals surface area contributed by atoms with Gasteiger partial charge in [-0.05, 0) is 18.2 Å². The van der Waals surface area contributed by atoms with Crippen molar-refractivity contribution in [1.29, 1.82) is 0 Å². The SMILES string of the molecule is O=[N+]([O-])c1cccc(-n2nc(-c3cccnc3)c3c2CCNC3)c1. The van der Waals surface area contributed by atoms with Gasteiger partial charge in [0.05, 0.1) is 22.0 Å². The molecule has 24 heavy (non-hydrogen) atoms. The molecule has 1 aliphatic rings. The number of non-ortho nitro benzene ring substituents is 1. The molecule has 3 aromatic rings. The summed E-state index contributed by atoms with van der Waals surface area (Å²) in [5.74, 6) is 0. The molecule has 0 saturated heterocycles. The Morgan fingerprint density at radius 1 is 1.25 bits per heavy atom. The first-order valence-corrected chi connectivity index (χ1v) is 7.71. The Bertz CT molecular complexity index is 905. The van der Waals surface area contributed by atoms with E-state index in [4.69, 9.17) is 5.10 Å². The molecule has 0 aliphatic carbocycles. The number of hydrogen-bond donors (Lipinski definition) is 1. The molecular formula is C17H15N5O2. The molecule has 7 nitrogen and oxygen atoms in total. The number of hydrogen-bond acceptors (Lipinski definition) is 5. The zero-order valence-electron chi connectivity index (χ0n) is 12.8. The topological polar surface area (TPSA) is 85.9 Å². The van der Waals surface area contributed by atoms with Gasteiger partial charge in [-0.25, -0.2) is 4.68 Å². The Hall–Kier alpha value is -3.06. The highest BCUT2D eigenvalue weighted by atomic mass is 16.6. The highest BCUT2D eigenvalue weighted by Gasteiger charge is 2.23. The first kappa shape index (κ1) is 14.5. The predicted molar refractivity (Wildman–Crippen MR) is 88.9 cm³/mol. The summed E-state index contributed by atoms with van der Waals surface area (Å²) in [6, 6.07) is 10.4. The molecule has 0 amide bonds. The quantitative estimate of drug-likeness (QED) is 0.591. The van der Waals surface area contributed by atoms with Crippen molar-refractivity contribution in [2.24, 2.45) is 0 Å². The van der Waals surface area contributed by atoms with Crippen LogP contribution < -0.4 is 5.32 Å². The normalized spacial score (nSPS) is 13.5. The highest BCUT2D eigenvalue weighted by Crippen LogP contribution is 2.29. The molecule has 4 rings (SSSR count). The van der Waals surface area contributed by atoms with E-state index in [1.54, 1.807) is 24.5 Å².